The van der Waals surface area contributed by atoms with Crippen molar-refractivity contribution in [2.75, 3.05) is 0 Å². The molecule has 0 radical (unpaired) electrons. The van der Waals surface area contributed by atoms with Gasteiger partial charge in [0.25, 0.3) is 0 Å². The van der Waals surface area contributed by atoms with Gasteiger partial charge in [-0.05, 0) is 12.1 Å². The van der Waals surface area contributed by atoms with E-state index in [1.165, 1.54) is 0 Å². The molecule has 0 fully saturated rings. The molecule has 64 valence electrons. The van der Waals surface area contributed by atoms with Crippen LogP contribution in [0.1, 0.15) is 17.6 Å². The zero-order chi connectivity index (χ0) is 9.10. The lowest BCUT2D eigenvalue weighted by molar-refractivity contribution is 0.589. The van der Waals surface area contributed by atoms with E-state index in [0.29, 0.717) is 5.69 Å². The summed E-state index contributed by atoms with van der Waals surface area (Å²) in [5, 5.41) is 14.8. The molecular weight excluding hydrogens is 164 g/mol. The second-order valence-electron chi connectivity index (χ2n) is 2.66. The molecule has 0 bridgehead atoms. The third-order valence-corrected chi connectivity index (χ3v) is 1.79. The Morgan fingerprint density at radius 3 is 2.77 bits per heavy atom. The van der Waals surface area contributed by atoms with Gasteiger partial charge in [0.15, 0.2) is 0 Å². The number of nitrogens with one attached hydrogen (secondary N) is 2. The number of nitriles is 1. The summed E-state index contributed by atoms with van der Waals surface area (Å²) in [5.74, 6) is 0. The minimum atomic E-state index is -0.00620. The number of hydrogen-bond acceptors (Lipinski definition) is 4. The maximum Gasteiger partial charge on any atom is 0.140 e. The summed E-state index contributed by atoms with van der Waals surface area (Å²) in [6.07, 6.45) is 3.62. The first-order chi connectivity index (χ1) is 6.40. The van der Waals surface area contributed by atoms with Crippen LogP contribution in [0.15, 0.2) is 30.6 Å². The van der Waals surface area contributed by atoms with E-state index in [0.717, 1.165) is 5.69 Å². The summed E-state index contributed by atoms with van der Waals surface area (Å²) in [4.78, 5) is 4.15. The van der Waals surface area contributed by atoms with Crippen LogP contribution in [0, 0.1) is 11.3 Å². The third-order valence-electron chi connectivity index (χ3n) is 1.79. The van der Waals surface area contributed by atoms with E-state index in [1.54, 1.807) is 6.07 Å². The van der Waals surface area contributed by atoms with Crippen LogP contribution in [0.2, 0.25) is 0 Å². The molecule has 0 aliphatic carbocycles. The zero-order valence-corrected chi connectivity index (χ0v) is 6.86. The topological polar surface area (TPSA) is 60.7 Å². The predicted molar refractivity (Wildman–Crippen MR) is 47.1 cm³/mol. The quantitative estimate of drug-likeness (QED) is 0.651. The smallest absolute Gasteiger partial charge is 0.140 e. The molecule has 4 nitrogen and oxygen atoms in total. The highest BCUT2D eigenvalue weighted by Crippen LogP contribution is 2.10. The molecule has 1 aliphatic heterocycles. The molecule has 0 amide bonds. The summed E-state index contributed by atoms with van der Waals surface area (Å²) in [5.41, 5.74) is 1.26. The van der Waals surface area contributed by atoms with Gasteiger partial charge in [-0.15, -0.1) is 0 Å². The van der Waals surface area contributed by atoms with E-state index >= 15 is 0 Å². The zero-order valence-electron chi connectivity index (χ0n) is 6.86. The summed E-state index contributed by atoms with van der Waals surface area (Å²) < 4.78 is 0. The van der Waals surface area contributed by atoms with Crippen molar-refractivity contribution in [1.29, 1.82) is 5.26 Å². The Balaban J connectivity index is 2.26. The molecule has 2 heterocycles. The van der Waals surface area contributed by atoms with Crippen LogP contribution in [-0.2, 0) is 0 Å². The molecule has 0 unspecified atom stereocenters. The van der Waals surface area contributed by atoms with E-state index in [2.05, 4.69) is 15.6 Å². The first-order valence-corrected chi connectivity index (χ1v) is 3.94. The average Bonchev–Trinajstić information content (AvgIpc) is 2.71. The Hall–Kier alpha value is -2.02. The number of hydrogen-bond donors (Lipinski definition) is 2. The normalized spacial score (nSPS) is 14.7. The Kier molecular flexibility index (Phi) is 1.85. The number of rotatable bonds is 1. The first-order valence-electron chi connectivity index (χ1n) is 3.94. The lowest BCUT2D eigenvalue weighted by atomic mass is 10.2. The largest absolute Gasteiger partial charge is 0.365 e. The SMILES string of the molecule is N#Cc1cccc(C2NC=CN2)n1. The monoisotopic (exact) mass is 172 g/mol. The van der Waals surface area contributed by atoms with Crippen molar-refractivity contribution in [3.05, 3.63) is 42.0 Å². The Morgan fingerprint density at radius 2 is 2.08 bits per heavy atom. The fraction of sp³-hybridized carbons (Fsp3) is 0.111. The molecule has 0 spiro atoms. The minimum Gasteiger partial charge on any atom is -0.365 e. The molecule has 13 heavy (non-hydrogen) atoms. The van der Waals surface area contributed by atoms with Gasteiger partial charge in [0.2, 0.25) is 0 Å². The average molecular weight is 172 g/mol. The van der Waals surface area contributed by atoms with Crippen LogP contribution in [0.4, 0.5) is 0 Å². The fourth-order valence-corrected chi connectivity index (χ4v) is 1.18. The van der Waals surface area contributed by atoms with E-state index in [4.69, 9.17) is 5.26 Å². The minimum absolute atomic E-state index is 0.00620. The van der Waals surface area contributed by atoms with Crippen LogP contribution < -0.4 is 10.6 Å². The lowest BCUT2D eigenvalue weighted by Crippen LogP contribution is -2.22. The molecule has 0 saturated carbocycles. The van der Waals surface area contributed by atoms with Crippen molar-refractivity contribution >= 4 is 0 Å². The van der Waals surface area contributed by atoms with E-state index in [-0.39, 0.29) is 6.17 Å². The molecule has 0 saturated heterocycles. The number of aromatic nitrogens is 1. The van der Waals surface area contributed by atoms with Gasteiger partial charge in [-0.1, -0.05) is 6.07 Å². The van der Waals surface area contributed by atoms with Crippen LogP contribution in [-0.4, -0.2) is 4.98 Å². The van der Waals surface area contributed by atoms with Gasteiger partial charge in [0.05, 0.1) is 5.69 Å². The van der Waals surface area contributed by atoms with E-state index in [1.807, 2.05) is 30.6 Å². The summed E-state index contributed by atoms with van der Waals surface area (Å²) >= 11 is 0. The van der Waals surface area contributed by atoms with E-state index < -0.39 is 0 Å². The number of pyridine rings is 1. The van der Waals surface area contributed by atoms with E-state index in [9.17, 15) is 0 Å². The standard InChI is InChI=1S/C9H8N4/c10-6-7-2-1-3-8(13-7)9-11-4-5-12-9/h1-5,9,11-12H. The van der Waals surface area contributed by atoms with Crippen molar-refractivity contribution in [3.8, 4) is 6.07 Å². The van der Waals surface area contributed by atoms with Crippen LogP contribution in [0.3, 0.4) is 0 Å². The summed E-state index contributed by atoms with van der Waals surface area (Å²) in [6, 6.07) is 7.39. The molecule has 4 heteroatoms. The van der Waals surface area contributed by atoms with Gasteiger partial charge in [-0.25, -0.2) is 4.98 Å². The van der Waals surface area contributed by atoms with Gasteiger partial charge >= 0.3 is 0 Å². The van der Waals surface area contributed by atoms with Crippen molar-refractivity contribution in [3.63, 3.8) is 0 Å². The Labute approximate surface area is 75.9 Å². The van der Waals surface area contributed by atoms with Crippen LogP contribution in [0.25, 0.3) is 0 Å². The highest BCUT2D eigenvalue weighted by Gasteiger charge is 2.11. The first kappa shape index (κ1) is 7.62. The second kappa shape index (κ2) is 3.15. The van der Waals surface area contributed by atoms with Crippen molar-refractivity contribution in [1.82, 2.24) is 15.6 Å². The predicted octanol–water partition coefficient (Wildman–Crippen LogP) is 0.616. The molecule has 0 atom stereocenters. The Bertz CT molecular complexity index is 369. The highest BCUT2D eigenvalue weighted by atomic mass is 15.2. The van der Waals surface area contributed by atoms with Crippen LogP contribution >= 0.6 is 0 Å². The van der Waals surface area contributed by atoms with Gasteiger partial charge in [0, 0.05) is 12.4 Å². The lowest BCUT2D eigenvalue weighted by Gasteiger charge is -2.10. The molecule has 0 aromatic carbocycles. The maximum atomic E-state index is 8.64. The molecule has 2 rings (SSSR count). The van der Waals surface area contributed by atoms with Crippen LogP contribution in [0.5, 0.6) is 0 Å². The molecule has 1 aromatic heterocycles. The Morgan fingerprint density at radius 1 is 1.31 bits per heavy atom. The third kappa shape index (κ3) is 1.44. The summed E-state index contributed by atoms with van der Waals surface area (Å²) in [6.45, 7) is 0. The van der Waals surface area contributed by atoms with Crippen molar-refractivity contribution in [2.45, 2.75) is 6.17 Å². The van der Waals surface area contributed by atoms with Crippen molar-refractivity contribution < 1.29 is 0 Å². The van der Waals surface area contributed by atoms with Gasteiger partial charge in [-0.3, -0.25) is 0 Å². The maximum absolute atomic E-state index is 8.64. The highest BCUT2D eigenvalue weighted by molar-refractivity contribution is 5.24. The second-order valence-corrected chi connectivity index (χ2v) is 2.66. The summed E-state index contributed by atoms with van der Waals surface area (Å²) in [7, 11) is 0. The molecule has 1 aliphatic rings. The van der Waals surface area contributed by atoms with Crippen molar-refractivity contribution in [2.24, 2.45) is 0 Å². The van der Waals surface area contributed by atoms with Gasteiger partial charge < -0.3 is 10.6 Å². The fourth-order valence-electron chi connectivity index (χ4n) is 1.18. The molecule has 1 aromatic rings. The number of nitrogens with zero attached hydrogens (tertiary/aromatic N) is 2. The van der Waals surface area contributed by atoms with Gasteiger partial charge in [0.1, 0.15) is 17.9 Å². The molecule has 2 N–H and O–H groups in total. The molecular formula is C9H8N4. The van der Waals surface area contributed by atoms with Gasteiger partial charge in [-0.2, -0.15) is 5.26 Å².